The van der Waals surface area contributed by atoms with Crippen LogP contribution in [0.15, 0.2) is 24.5 Å². The van der Waals surface area contributed by atoms with Gasteiger partial charge in [-0.3, -0.25) is 5.10 Å². The Morgan fingerprint density at radius 3 is 3.00 bits per heavy atom. The fourth-order valence-electron chi connectivity index (χ4n) is 4.06. The highest BCUT2D eigenvalue weighted by Crippen LogP contribution is 2.37. The Hall–Kier alpha value is -3.14. The van der Waals surface area contributed by atoms with Crippen LogP contribution in [0.3, 0.4) is 0 Å². The van der Waals surface area contributed by atoms with Crippen molar-refractivity contribution >= 4 is 23.2 Å². The van der Waals surface area contributed by atoms with Crippen molar-refractivity contribution in [3.8, 4) is 0 Å². The number of rotatable bonds is 6. The Morgan fingerprint density at radius 2 is 2.23 bits per heavy atom. The Kier molecular flexibility index (Phi) is 4.81. The maximum absolute atomic E-state index is 12.1. The molecular formula is C21H28N8O2. The average Bonchev–Trinajstić information content (AvgIpc) is 3.17. The number of nitrogens with one attached hydrogen (secondary N) is 3. The number of amides is 1. The molecule has 3 aromatic rings. The van der Waals surface area contributed by atoms with E-state index in [-0.39, 0.29) is 29.7 Å². The van der Waals surface area contributed by atoms with Crippen molar-refractivity contribution in [2.75, 3.05) is 5.32 Å². The van der Waals surface area contributed by atoms with Crippen LogP contribution in [0.2, 0.25) is 0 Å². The SMILES string of the molecule is CC(N)c1cc2c(Nc3cc(C4CCC(OC(=O)NC5(C)CC5)C4)[nH]n3)nccn2n1. The van der Waals surface area contributed by atoms with Gasteiger partial charge in [-0.2, -0.15) is 10.2 Å². The number of ether oxygens (including phenoxy) is 1. The number of aromatic nitrogens is 5. The second kappa shape index (κ2) is 7.52. The van der Waals surface area contributed by atoms with E-state index in [1.165, 1.54) is 0 Å². The summed E-state index contributed by atoms with van der Waals surface area (Å²) in [6, 6.07) is 3.77. The Morgan fingerprint density at radius 1 is 1.39 bits per heavy atom. The second-order valence-corrected chi connectivity index (χ2v) is 9.02. The number of nitrogens with two attached hydrogens (primary N) is 1. The largest absolute Gasteiger partial charge is 0.446 e. The molecule has 3 unspecified atom stereocenters. The number of hydrogen-bond acceptors (Lipinski definition) is 7. The molecule has 5 N–H and O–H groups in total. The predicted molar refractivity (Wildman–Crippen MR) is 115 cm³/mol. The molecule has 3 atom stereocenters. The number of hydrogen-bond donors (Lipinski definition) is 4. The minimum atomic E-state index is -0.302. The van der Waals surface area contributed by atoms with Crippen molar-refractivity contribution < 1.29 is 9.53 Å². The van der Waals surface area contributed by atoms with Gasteiger partial charge in [-0.15, -0.1) is 0 Å². The monoisotopic (exact) mass is 424 g/mol. The van der Waals surface area contributed by atoms with Gasteiger partial charge in [0.15, 0.2) is 11.6 Å². The number of nitrogens with zero attached hydrogens (tertiary/aromatic N) is 4. The van der Waals surface area contributed by atoms with Crippen LogP contribution >= 0.6 is 0 Å². The average molecular weight is 425 g/mol. The molecule has 2 fully saturated rings. The van der Waals surface area contributed by atoms with E-state index < -0.39 is 0 Å². The fourth-order valence-corrected chi connectivity index (χ4v) is 4.06. The summed E-state index contributed by atoms with van der Waals surface area (Å²) in [5, 5.41) is 18.2. The number of fused-ring (bicyclic) bond motifs is 1. The van der Waals surface area contributed by atoms with Gasteiger partial charge in [-0.25, -0.2) is 14.3 Å². The lowest BCUT2D eigenvalue weighted by molar-refractivity contribution is 0.0967. The fraction of sp³-hybridized carbons (Fsp3) is 0.524. The number of alkyl carbamates (subject to hydrolysis) is 1. The molecule has 3 heterocycles. The van der Waals surface area contributed by atoms with Crippen LogP contribution < -0.4 is 16.4 Å². The summed E-state index contributed by atoms with van der Waals surface area (Å²) in [5.41, 5.74) is 8.56. The molecule has 2 aliphatic carbocycles. The molecule has 0 saturated heterocycles. The molecule has 10 heteroatoms. The van der Waals surface area contributed by atoms with Crippen molar-refractivity contribution in [1.82, 2.24) is 30.1 Å². The summed E-state index contributed by atoms with van der Waals surface area (Å²) in [6.45, 7) is 3.94. The minimum Gasteiger partial charge on any atom is -0.446 e. The van der Waals surface area contributed by atoms with Gasteiger partial charge in [0.2, 0.25) is 0 Å². The van der Waals surface area contributed by atoms with E-state index in [0.29, 0.717) is 11.6 Å². The van der Waals surface area contributed by atoms with Crippen molar-refractivity contribution in [3.05, 3.63) is 35.9 Å². The van der Waals surface area contributed by atoms with Crippen LogP contribution in [0.4, 0.5) is 16.4 Å². The van der Waals surface area contributed by atoms with Crippen LogP contribution in [0.25, 0.3) is 5.52 Å². The van der Waals surface area contributed by atoms with Crippen LogP contribution in [-0.4, -0.2) is 42.5 Å². The smallest absolute Gasteiger partial charge is 0.407 e. The van der Waals surface area contributed by atoms with E-state index in [2.05, 4.69) is 30.9 Å². The molecule has 164 valence electrons. The molecule has 31 heavy (non-hydrogen) atoms. The summed E-state index contributed by atoms with van der Waals surface area (Å²) in [6.07, 6.45) is 7.75. The zero-order valence-corrected chi connectivity index (χ0v) is 17.8. The lowest BCUT2D eigenvalue weighted by Gasteiger charge is -2.16. The van der Waals surface area contributed by atoms with Gasteiger partial charge >= 0.3 is 6.09 Å². The topological polar surface area (TPSA) is 135 Å². The van der Waals surface area contributed by atoms with E-state index in [1.54, 1.807) is 16.9 Å². The lowest BCUT2D eigenvalue weighted by Crippen LogP contribution is -2.36. The summed E-state index contributed by atoms with van der Waals surface area (Å²) >= 11 is 0. The van der Waals surface area contributed by atoms with Crippen molar-refractivity contribution in [2.45, 2.75) is 69.6 Å². The predicted octanol–water partition coefficient (Wildman–Crippen LogP) is 3.13. The number of carbonyl (C=O) groups is 1. The first kappa shape index (κ1) is 19.8. The van der Waals surface area contributed by atoms with E-state index in [0.717, 1.165) is 49.0 Å². The van der Waals surface area contributed by atoms with Gasteiger partial charge in [0.25, 0.3) is 0 Å². The van der Waals surface area contributed by atoms with E-state index in [9.17, 15) is 4.79 Å². The van der Waals surface area contributed by atoms with Crippen LogP contribution in [0.1, 0.15) is 69.3 Å². The molecule has 3 aromatic heterocycles. The molecule has 0 radical (unpaired) electrons. The van der Waals surface area contributed by atoms with E-state index in [4.69, 9.17) is 10.5 Å². The van der Waals surface area contributed by atoms with Gasteiger partial charge in [-0.05, 0) is 52.0 Å². The highest BCUT2D eigenvalue weighted by molar-refractivity contribution is 5.72. The zero-order chi connectivity index (χ0) is 21.6. The molecule has 0 aliphatic heterocycles. The van der Waals surface area contributed by atoms with Crippen LogP contribution in [-0.2, 0) is 4.74 Å². The van der Waals surface area contributed by atoms with E-state index >= 15 is 0 Å². The van der Waals surface area contributed by atoms with Gasteiger partial charge in [0.1, 0.15) is 11.6 Å². The molecule has 0 aromatic carbocycles. The molecule has 5 rings (SSSR count). The Labute approximate surface area is 179 Å². The Bertz CT molecular complexity index is 1100. The second-order valence-electron chi connectivity index (χ2n) is 9.02. The minimum absolute atomic E-state index is 0.0611. The van der Waals surface area contributed by atoms with Gasteiger partial charge in [-0.1, -0.05) is 0 Å². The van der Waals surface area contributed by atoms with Gasteiger partial charge in [0.05, 0.1) is 5.69 Å². The first-order chi connectivity index (χ1) is 14.9. The van der Waals surface area contributed by atoms with Crippen molar-refractivity contribution in [2.24, 2.45) is 5.73 Å². The molecule has 2 saturated carbocycles. The van der Waals surface area contributed by atoms with Crippen LogP contribution in [0.5, 0.6) is 0 Å². The number of anilines is 2. The quantitative estimate of drug-likeness (QED) is 0.477. The first-order valence-electron chi connectivity index (χ1n) is 10.8. The number of H-pyrrole nitrogens is 1. The van der Waals surface area contributed by atoms with Crippen LogP contribution in [0, 0.1) is 0 Å². The first-order valence-corrected chi connectivity index (χ1v) is 10.8. The van der Waals surface area contributed by atoms with Crippen molar-refractivity contribution in [1.29, 1.82) is 0 Å². The summed E-state index contributed by atoms with van der Waals surface area (Å²) < 4.78 is 7.38. The Balaban J connectivity index is 1.23. The standard InChI is InChI=1S/C21H28N8O2/c1-12(22)15-10-17-19(23-7-8-29(17)28-15)24-18-11-16(26-27-18)13-3-4-14(9-13)31-20(30)25-21(2)5-6-21/h7-8,10-14H,3-6,9,22H2,1-2H3,(H,25,30)(H2,23,24,26,27). The van der Waals surface area contributed by atoms with Crippen molar-refractivity contribution in [3.63, 3.8) is 0 Å². The summed E-state index contributed by atoms with van der Waals surface area (Å²) in [4.78, 5) is 16.5. The molecule has 2 aliphatic rings. The highest BCUT2D eigenvalue weighted by atomic mass is 16.6. The third-order valence-corrected chi connectivity index (χ3v) is 6.22. The van der Waals surface area contributed by atoms with Gasteiger partial charge < -0.3 is 21.1 Å². The molecule has 0 bridgehead atoms. The lowest BCUT2D eigenvalue weighted by atomic mass is 10.0. The molecule has 10 nitrogen and oxygen atoms in total. The number of carbonyl (C=O) groups excluding carboxylic acids is 1. The molecule has 0 spiro atoms. The third kappa shape index (κ3) is 4.20. The molecular weight excluding hydrogens is 396 g/mol. The maximum atomic E-state index is 12.1. The summed E-state index contributed by atoms with van der Waals surface area (Å²) in [5.74, 6) is 1.63. The molecule has 1 amide bonds. The maximum Gasteiger partial charge on any atom is 0.407 e. The highest BCUT2D eigenvalue weighted by Gasteiger charge is 2.40. The van der Waals surface area contributed by atoms with E-state index in [1.807, 2.05) is 26.0 Å². The zero-order valence-electron chi connectivity index (χ0n) is 17.8. The number of aromatic amines is 1. The summed E-state index contributed by atoms with van der Waals surface area (Å²) in [7, 11) is 0. The van der Waals surface area contributed by atoms with Gasteiger partial charge in [0, 0.05) is 41.7 Å². The normalized spacial score (nSPS) is 22.9. The third-order valence-electron chi connectivity index (χ3n) is 6.22.